The van der Waals surface area contributed by atoms with Crippen molar-refractivity contribution in [2.45, 2.75) is 31.9 Å². The molecule has 0 aliphatic heterocycles. The lowest BCUT2D eigenvalue weighted by atomic mass is 10.1. The molecule has 0 bridgehead atoms. The Labute approximate surface area is 119 Å². The van der Waals surface area contributed by atoms with Gasteiger partial charge in [0.15, 0.2) is 11.5 Å². The summed E-state index contributed by atoms with van der Waals surface area (Å²) in [5, 5.41) is 0. The smallest absolute Gasteiger partial charge is 0.357 e. The fraction of sp³-hybridized carbons (Fsp3) is 0.615. The zero-order valence-corrected chi connectivity index (χ0v) is 11.6. The normalized spacial score (nSPS) is 16.8. The van der Waals surface area contributed by atoms with E-state index in [1.54, 1.807) is 11.9 Å². The topological polar surface area (TPSA) is 57.7 Å². The quantitative estimate of drug-likeness (QED) is 0.946. The second kappa shape index (κ2) is 5.16. The van der Waals surface area contributed by atoms with Gasteiger partial charge in [0.1, 0.15) is 5.52 Å². The number of anilines is 1. The van der Waals surface area contributed by atoms with Crippen LogP contribution in [-0.2, 0) is 6.18 Å². The molecule has 21 heavy (non-hydrogen) atoms. The number of rotatable bonds is 3. The van der Waals surface area contributed by atoms with Crippen LogP contribution in [0.4, 0.5) is 19.0 Å². The van der Waals surface area contributed by atoms with Crippen LogP contribution in [0.1, 0.15) is 31.5 Å². The van der Waals surface area contributed by atoms with E-state index < -0.39 is 12.0 Å². The van der Waals surface area contributed by atoms with Gasteiger partial charge in [0.05, 0.1) is 6.33 Å². The van der Waals surface area contributed by atoms with E-state index in [9.17, 15) is 13.2 Å². The zero-order chi connectivity index (χ0) is 15.0. The van der Waals surface area contributed by atoms with Gasteiger partial charge >= 0.3 is 6.18 Å². The SMILES string of the molecule is CN(CC1CCCC1)c1nc(C(F)(F)F)nc2nc[nH]c12. The third kappa shape index (κ3) is 2.79. The van der Waals surface area contributed by atoms with Crippen LogP contribution in [0, 0.1) is 5.92 Å². The molecule has 0 aromatic carbocycles. The number of aromatic amines is 1. The molecule has 2 aromatic heterocycles. The van der Waals surface area contributed by atoms with E-state index in [0.717, 1.165) is 12.8 Å². The van der Waals surface area contributed by atoms with Crippen molar-refractivity contribution in [3.63, 3.8) is 0 Å². The van der Waals surface area contributed by atoms with Crippen LogP contribution in [-0.4, -0.2) is 33.5 Å². The van der Waals surface area contributed by atoms with Crippen LogP contribution in [0.2, 0.25) is 0 Å². The van der Waals surface area contributed by atoms with E-state index in [-0.39, 0.29) is 11.5 Å². The summed E-state index contributed by atoms with van der Waals surface area (Å²) in [5.74, 6) is -0.371. The summed E-state index contributed by atoms with van der Waals surface area (Å²) in [4.78, 5) is 15.6. The summed E-state index contributed by atoms with van der Waals surface area (Å²) < 4.78 is 38.7. The fourth-order valence-corrected chi connectivity index (χ4v) is 2.89. The largest absolute Gasteiger partial charge is 0.451 e. The summed E-state index contributed by atoms with van der Waals surface area (Å²) in [5.41, 5.74) is 0.495. The summed E-state index contributed by atoms with van der Waals surface area (Å²) in [6, 6.07) is 0. The predicted octanol–water partition coefficient (Wildman–Crippen LogP) is 3.00. The molecule has 0 spiro atoms. The highest BCUT2D eigenvalue weighted by atomic mass is 19.4. The monoisotopic (exact) mass is 299 g/mol. The molecule has 2 heterocycles. The second-order valence-electron chi connectivity index (χ2n) is 5.50. The van der Waals surface area contributed by atoms with E-state index in [0.29, 0.717) is 18.0 Å². The van der Waals surface area contributed by atoms with Crippen LogP contribution in [0.5, 0.6) is 0 Å². The van der Waals surface area contributed by atoms with Crippen LogP contribution in [0.3, 0.4) is 0 Å². The average molecular weight is 299 g/mol. The number of fused-ring (bicyclic) bond motifs is 1. The van der Waals surface area contributed by atoms with Gasteiger partial charge in [-0.05, 0) is 18.8 Å². The third-order valence-electron chi connectivity index (χ3n) is 3.89. The number of aromatic nitrogens is 4. The molecule has 0 radical (unpaired) electrons. The number of nitrogens with one attached hydrogen (secondary N) is 1. The van der Waals surface area contributed by atoms with Gasteiger partial charge in [0, 0.05) is 13.6 Å². The molecular weight excluding hydrogens is 283 g/mol. The second-order valence-corrected chi connectivity index (χ2v) is 5.50. The van der Waals surface area contributed by atoms with Crippen LogP contribution >= 0.6 is 0 Å². The van der Waals surface area contributed by atoms with Crippen LogP contribution in [0.15, 0.2) is 6.33 Å². The number of H-pyrrole nitrogens is 1. The molecule has 0 amide bonds. The first kappa shape index (κ1) is 14.1. The number of halogens is 3. The molecule has 2 aromatic rings. The molecule has 8 heteroatoms. The lowest BCUT2D eigenvalue weighted by Gasteiger charge is -2.22. The first-order valence-corrected chi connectivity index (χ1v) is 6.94. The van der Waals surface area contributed by atoms with Gasteiger partial charge in [-0.2, -0.15) is 13.2 Å². The summed E-state index contributed by atoms with van der Waals surface area (Å²) >= 11 is 0. The number of hydrogen-bond donors (Lipinski definition) is 1. The van der Waals surface area contributed by atoms with Gasteiger partial charge in [-0.25, -0.2) is 15.0 Å². The van der Waals surface area contributed by atoms with E-state index in [1.807, 2.05) is 0 Å². The molecule has 0 unspecified atom stereocenters. The molecule has 1 aliphatic carbocycles. The summed E-state index contributed by atoms with van der Waals surface area (Å²) in [6.45, 7) is 0.697. The summed E-state index contributed by atoms with van der Waals surface area (Å²) in [6.07, 6.45) is 1.38. The highest BCUT2D eigenvalue weighted by Gasteiger charge is 2.36. The van der Waals surface area contributed by atoms with E-state index in [1.165, 1.54) is 19.2 Å². The standard InChI is InChI=1S/C13H16F3N5/c1-21(6-8-4-2-3-5-8)11-9-10(18-7-17-9)19-12(20-11)13(14,15)16/h7-8H,2-6H2,1H3,(H,17,18,19,20). The molecule has 1 fully saturated rings. The minimum Gasteiger partial charge on any atom is -0.357 e. The Morgan fingerprint density at radius 1 is 1.29 bits per heavy atom. The van der Waals surface area contributed by atoms with Crippen LogP contribution < -0.4 is 4.90 Å². The maximum Gasteiger partial charge on any atom is 0.451 e. The average Bonchev–Trinajstić information content (AvgIpc) is 3.06. The van der Waals surface area contributed by atoms with E-state index >= 15 is 0 Å². The Morgan fingerprint density at radius 3 is 2.67 bits per heavy atom. The Bertz CT molecular complexity index is 630. The summed E-state index contributed by atoms with van der Waals surface area (Å²) in [7, 11) is 1.76. The maximum absolute atomic E-state index is 12.9. The van der Waals surface area contributed by atoms with Crippen molar-refractivity contribution in [3.05, 3.63) is 12.2 Å². The minimum atomic E-state index is -4.57. The van der Waals surface area contributed by atoms with Gasteiger partial charge in [0.25, 0.3) is 0 Å². The van der Waals surface area contributed by atoms with Crippen molar-refractivity contribution in [1.82, 2.24) is 19.9 Å². The first-order chi connectivity index (χ1) is 9.95. The molecule has 1 N–H and O–H groups in total. The Hall–Kier alpha value is -1.86. The molecular formula is C13H16F3N5. The number of imidazole rings is 1. The van der Waals surface area contributed by atoms with E-state index in [2.05, 4.69) is 19.9 Å². The van der Waals surface area contributed by atoms with Gasteiger partial charge < -0.3 is 9.88 Å². The number of alkyl halides is 3. The lowest BCUT2D eigenvalue weighted by Crippen LogP contribution is -2.26. The van der Waals surface area contributed by atoms with Crippen molar-refractivity contribution in [1.29, 1.82) is 0 Å². The highest BCUT2D eigenvalue weighted by molar-refractivity contribution is 5.82. The van der Waals surface area contributed by atoms with Gasteiger partial charge in [-0.15, -0.1) is 0 Å². The van der Waals surface area contributed by atoms with Gasteiger partial charge in [-0.1, -0.05) is 12.8 Å². The van der Waals surface area contributed by atoms with Crippen molar-refractivity contribution < 1.29 is 13.2 Å². The van der Waals surface area contributed by atoms with Crippen molar-refractivity contribution in [3.8, 4) is 0 Å². The maximum atomic E-state index is 12.9. The predicted molar refractivity (Wildman–Crippen MR) is 71.9 cm³/mol. The van der Waals surface area contributed by atoms with Crippen molar-refractivity contribution in [2.75, 3.05) is 18.5 Å². The molecule has 0 saturated heterocycles. The molecule has 1 saturated carbocycles. The third-order valence-corrected chi connectivity index (χ3v) is 3.89. The van der Waals surface area contributed by atoms with Gasteiger partial charge in [-0.3, -0.25) is 0 Å². The Morgan fingerprint density at radius 2 is 2.00 bits per heavy atom. The lowest BCUT2D eigenvalue weighted by molar-refractivity contribution is -0.144. The molecule has 0 atom stereocenters. The minimum absolute atomic E-state index is 0.0468. The van der Waals surface area contributed by atoms with E-state index in [4.69, 9.17) is 0 Å². The number of nitrogens with zero attached hydrogens (tertiary/aromatic N) is 4. The zero-order valence-electron chi connectivity index (χ0n) is 11.6. The fourth-order valence-electron chi connectivity index (χ4n) is 2.89. The molecule has 1 aliphatic rings. The molecule has 3 rings (SSSR count). The van der Waals surface area contributed by atoms with Crippen molar-refractivity contribution in [2.24, 2.45) is 5.92 Å². The first-order valence-electron chi connectivity index (χ1n) is 6.94. The Balaban J connectivity index is 1.97. The Kier molecular flexibility index (Phi) is 3.46. The van der Waals surface area contributed by atoms with Crippen molar-refractivity contribution >= 4 is 17.0 Å². The highest BCUT2D eigenvalue weighted by Crippen LogP contribution is 2.32. The van der Waals surface area contributed by atoms with Gasteiger partial charge in [0.2, 0.25) is 5.82 Å². The molecule has 5 nitrogen and oxygen atoms in total. The number of hydrogen-bond acceptors (Lipinski definition) is 4. The van der Waals surface area contributed by atoms with Crippen LogP contribution in [0.25, 0.3) is 11.2 Å². The molecule has 114 valence electrons.